The Morgan fingerprint density at radius 3 is 2.39 bits per heavy atom. The summed E-state index contributed by atoms with van der Waals surface area (Å²) < 4.78 is 67.2. The number of alkyl halides is 3. The molecule has 5 rings (SSSR count). The fraction of sp³-hybridized carbons (Fsp3) is 0.524. The van der Waals surface area contributed by atoms with E-state index in [1.165, 1.54) is 11.1 Å². The van der Waals surface area contributed by atoms with Crippen LogP contribution in [0.5, 0.6) is 5.88 Å². The summed E-state index contributed by atoms with van der Waals surface area (Å²) in [6.45, 7) is -0.419. The number of nitrogens with two attached hydrogens (primary N) is 1. The lowest BCUT2D eigenvalue weighted by molar-refractivity contribution is -0.238. The van der Waals surface area contributed by atoms with Crippen LogP contribution < -0.4 is 15.2 Å². The quantitative estimate of drug-likeness (QED) is 0.619. The normalized spacial score (nSPS) is 23.3. The number of carbonyl (C=O) groups is 1. The molecule has 0 fully saturated rings. The molecule has 2 heterocycles. The highest BCUT2D eigenvalue weighted by molar-refractivity contribution is 7.90. The molecular formula is C21H24F3N5O3S. The summed E-state index contributed by atoms with van der Waals surface area (Å²) in [5, 5.41) is 12.4. The first-order valence-corrected chi connectivity index (χ1v) is 12.4. The number of ether oxygens (including phenoxy) is 1. The minimum Gasteiger partial charge on any atom is -0.476 e. The first kappa shape index (κ1) is 22.2. The zero-order chi connectivity index (χ0) is 23.8. The Balaban J connectivity index is 1.57. The van der Waals surface area contributed by atoms with Crippen molar-refractivity contribution < 1.29 is 26.9 Å². The lowest BCUT2D eigenvalue weighted by atomic mass is 9.90. The van der Waals surface area contributed by atoms with Crippen molar-refractivity contribution in [3.63, 3.8) is 0 Å². The molecule has 2 atom stereocenters. The predicted octanol–water partition coefficient (Wildman–Crippen LogP) is 3.35. The Bertz CT molecular complexity index is 1250. The number of hydrogen-bond acceptors (Lipinski definition) is 5. The molecule has 0 saturated carbocycles. The van der Waals surface area contributed by atoms with E-state index in [1.807, 2.05) is 0 Å². The molecule has 2 aromatic rings. The van der Waals surface area contributed by atoms with E-state index < -0.39 is 51.2 Å². The van der Waals surface area contributed by atoms with Crippen molar-refractivity contribution in [1.82, 2.24) is 9.78 Å². The van der Waals surface area contributed by atoms with Crippen LogP contribution in [0.2, 0.25) is 0 Å². The number of halogens is 3. The van der Waals surface area contributed by atoms with Gasteiger partial charge in [0.1, 0.15) is 21.9 Å². The molecule has 3 aliphatic rings. The van der Waals surface area contributed by atoms with Gasteiger partial charge in [-0.3, -0.25) is 4.79 Å². The Morgan fingerprint density at radius 2 is 1.85 bits per heavy atom. The average Bonchev–Trinajstić information content (AvgIpc) is 3.43. The molecule has 1 aliphatic heterocycles. The number of benzene rings is 1. The van der Waals surface area contributed by atoms with Crippen molar-refractivity contribution in [3.8, 4) is 5.88 Å². The second kappa shape index (κ2) is 7.20. The summed E-state index contributed by atoms with van der Waals surface area (Å²) in [7, 11) is -4.02. The summed E-state index contributed by atoms with van der Waals surface area (Å²) in [4.78, 5) is 12.8. The van der Waals surface area contributed by atoms with Gasteiger partial charge in [-0.1, -0.05) is 6.07 Å². The maximum absolute atomic E-state index is 13.5. The topological polar surface area (TPSA) is 123 Å². The van der Waals surface area contributed by atoms with Gasteiger partial charge in [-0.25, -0.2) is 18.8 Å². The zero-order valence-corrected chi connectivity index (χ0v) is 18.8. The van der Waals surface area contributed by atoms with Crippen LogP contribution in [0, 0.1) is 10.2 Å². The number of aromatic nitrogens is 2. The van der Waals surface area contributed by atoms with E-state index >= 15 is 0 Å². The lowest BCUT2D eigenvalue weighted by Crippen LogP contribution is -2.47. The maximum atomic E-state index is 13.5. The van der Waals surface area contributed by atoms with Crippen molar-refractivity contribution in [2.45, 2.75) is 63.1 Å². The van der Waals surface area contributed by atoms with E-state index in [9.17, 15) is 22.2 Å². The van der Waals surface area contributed by atoms with E-state index in [2.05, 4.69) is 16.5 Å². The highest BCUT2D eigenvalue weighted by Crippen LogP contribution is 2.45. The number of hydrogen-bond donors (Lipinski definition) is 3. The van der Waals surface area contributed by atoms with Crippen molar-refractivity contribution in [3.05, 3.63) is 34.0 Å². The van der Waals surface area contributed by atoms with Crippen LogP contribution >= 0.6 is 0 Å². The van der Waals surface area contributed by atoms with Crippen molar-refractivity contribution in [2.24, 2.45) is 10.6 Å². The molecule has 1 aromatic heterocycles. The number of amides is 1. The molecular weight excluding hydrogens is 459 g/mol. The zero-order valence-electron chi connectivity index (χ0n) is 18.0. The Kier molecular flexibility index (Phi) is 4.84. The number of nitrogens with zero attached hydrogens (tertiary/aromatic N) is 2. The SMILES string of the molecule is CC1(C(F)(F)F)COc2c(S(=N)(N)=O)c(C(=O)Nc3c4c(cc5c3CCC5)CCC4)nn2C1. The molecule has 178 valence electrons. The van der Waals surface area contributed by atoms with Gasteiger partial charge in [-0.15, -0.1) is 0 Å². The third-order valence-electron chi connectivity index (χ3n) is 6.80. The fourth-order valence-electron chi connectivity index (χ4n) is 5.01. The third kappa shape index (κ3) is 3.50. The van der Waals surface area contributed by atoms with Gasteiger partial charge in [0.25, 0.3) is 5.91 Å². The van der Waals surface area contributed by atoms with E-state index in [-0.39, 0.29) is 5.88 Å². The summed E-state index contributed by atoms with van der Waals surface area (Å²) in [5.41, 5.74) is 2.47. The highest BCUT2D eigenvalue weighted by atomic mass is 32.2. The van der Waals surface area contributed by atoms with E-state index in [1.54, 1.807) is 0 Å². The van der Waals surface area contributed by atoms with Crippen LogP contribution in [0.3, 0.4) is 0 Å². The van der Waals surface area contributed by atoms with Crippen molar-refractivity contribution in [1.29, 1.82) is 4.78 Å². The summed E-state index contributed by atoms with van der Waals surface area (Å²) >= 11 is 0. The van der Waals surface area contributed by atoms with Gasteiger partial charge in [-0.05, 0) is 67.7 Å². The summed E-state index contributed by atoms with van der Waals surface area (Å²) in [6.07, 6.45) is 0.811. The Labute approximate surface area is 188 Å². The number of carbonyl (C=O) groups excluding carboxylic acids is 1. The molecule has 8 nitrogen and oxygen atoms in total. The van der Waals surface area contributed by atoms with Crippen molar-refractivity contribution >= 4 is 21.5 Å². The smallest absolute Gasteiger partial charge is 0.399 e. The van der Waals surface area contributed by atoms with Gasteiger partial charge in [0.15, 0.2) is 10.6 Å². The molecule has 33 heavy (non-hydrogen) atoms. The van der Waals surface area contributed by atoms with Crippen LogP contribution in [-0.2, 0) is 42.1 Å². The number of fused-ring (bicyclic) bond motifs is 3. The Morgan fingerprint density at radius 1 is 1.24 bits per heavy atom. The van der Waals surface area contributed by atoms with Gasteiger partial charge in [0.2, 0.25) is 5.88 Å². The van der Waals surface area contributed by atoms with Gasteiger partial charge >= 0.3 is 6.18 Å². The van der Waals surface area contributed by atoms with Crippen LogP contribution in [0.4, 0.5) is 18.9 Å². The predicted molar refractivity (Wildman–Crippen MR) is 114 cm³/mol. The standard InChI is InChI=1S/C21H24F3N5O3S/c1-20(21(22,23)24)9-29-19(32-10-20)17(33(25,26)31)16(28-29)18(30)27-15-13-6-2-4-11(13)8-12-5-3-7-14(12)15/h8H,2-7,9-10H2,1H3,(H,27,30)(H3,25,26,31). The van der Waals surface area contributed by atoms with Gasteiger partial charge in [0.05, 0.1) is 6.54 Å². The fourth-order valence-corrected chi connectivity index (χ4v) is 5.86. The van der Waals surface area contributed by atoms with Crippen molar-refractivity contribution in [2.75, 3.05) is 11.9 Å². The molecule has 0 radical (unpaired) electrons. The van der Waals surface area contributed by atoms with Gasteiger partial charge in [-0.2, -0.15) is 18.3 Å². The average molecular weight is 484 g/mol. The summed E-state index contributed by atoms with van der Waals surface area (Å²) in [5.74, 6) is -1.09. The molecule has 0 spiro atoms. The minimum absolute atomic E-state index is 0.326. The maximum Gasteiger partial charge on any atom is 0.399 e. The number of anilines is 1. The van der Waals surface area contributed by atoms with E-state index in [4.69, 9.17) is 14.7 Å². The largest absolute Gasteiger partial charge is 0.476 e. The number of aryl methyl sites for hydroxylation is 2. The minimum atomic E-state index is -4.59. The van der Waals surface area contributed by atoms with Gasteiger partial charge in [0, 0.05) is 5.69 Å². The third-order valence-corrected chi connectivity index (χ3v) is 7.78. The molecule has 0 saturated heterocycles. The van der Waals surface area contributed by atoms with Gasteiger partial charge < -0.3 is 10.1 Å². The number of rotatable bonds is 3. The second-order valence-corrected chi connectivity index (χ2v) is 10.9. The van der Waals surface area contributed by atoms with Crippen LogP contribution in [0.15, 0.2) is 11.0 Å². The first-order valence-electron chi connectivity index (χ1n) is 10.7. The molecule has 0 bridgehead atoms. The molecule has 2 unspecified atom stereocenters. The highest BCUT2D eigenvalue weighted by Gasteiger charge is 2.55. The van der Waals surface area contributed by atoms with Crippen LogP contribution in [0.1, 0.15) is 52.5 Å². The molecule has 2 aliphatic carbocycles. The molecule has 4 N–H and O–H groups in total. The lowest BCUT2D eigenvalue weighted by Gasteiger charge is -2.35. The monoisotopic (exact) mass is 483 g/mol. The Hall–Kier alpha value is -2.60. The summed E-state index contributed by atoms with van der Waals surface area (Å²) in [6, 6.07) is 2.20. The molecule has 1 aromatic carbocycles. The van der Waals surface area contributed by atoms with Crippen LogP contribution in [-0.4, -0.2) is 32.7 Å². The van der Waals surface area contributed by atoms with Crippen LogP contribution in [0.25, 0.3) is 0 Å². The second-order valence-electron chi connectivity index (χ2n) is 9.28. The number of nitrogens with one attached hydrogen (secondary N) is 2. The van der Waals surface area contributed by atoms with E-state index in [0.29, 0.717) is 5.69 Å². The molecule has 12 heteroatoms. The first-order chi connectivity index (χ1) is 15.4. The molecule has 1 amide bonds. The van der Waals surface area contributed by atoms with E-state index in [0.717, 1.165) is 61.3 Å².